The molecule has 1 atom stereocenters. The molecule has 0 aliphatic heterocycles. The van der Waals surface area contributed by atoms with Gasteiger partial charge in [-0.15, -0.1) is 0 Å². The lowest BCUT2D eigenvalue weighted by atomic mass is 10.2. The summed E-state index contributed by atoms with van der Waals surface area (Å²) < 4.78 is 26.3. The lowest BCUT2D eigenvalue weighted by Gasteiger charge is -2.13. The molecule has 25 heavy (non-hydrogen) atoms. The topological polar surface area (TPSA) is 86.9 Å². The molecule has 0 aliphatic carbocycles. The van der Waals surface area contributed by atoms with E-state index in [1.807, 2.05) is 18.2 Å². The number of hydrogen-bond acceptors (Lipinski definition) is 3. The minimum Gasteiger partial charge on any atom is -0.341 e. The highest BCUT2D eigenvalue weighted by atomic mass is 19.1. The van der Waals surface area contributed by atoms with Crippen LogP contribution in [0.3, 0.4) is 0 Å². The first kappa shape index (κ1) is 16.6. The molecule has 3 N–H and O–H groups in total. The van der Waals surface area contributed by atoms with Gasteiger partial charge in [0.1, 0.15) is 17.7 Å². The third-order valence-corrected chi connectivity index (χ3v) is 3.50. The van der Waals surface area contributed by atoms with Gasteiger partial charge in [0.05, 0.1) is 11.0 Å². The number of rotatable bonds is 4. The van der Waals surface area contributed by atoms with Gasteiger partial charge in [-0.1, -0.05) is 12.1 Å². The maximum atomic E-state index is 13.2. The van der Waals surface area contributed by atoms with Crippen LogP contribution in [0.25, 0.3) is 11.0 Å². The highest BCUT2D eigenvalue weighted by Crippen LogP contribution is 2.13. The second kappa shape index (κ2) is 6.68. The van der Waals surface area contributed by atoms with Gasteiger partial charge in [0, 0.05) is 11.6 Å². The van der Waals surface area contributed by atoms with Crippen LogP contribution in [0.15, 0.2) is 42.5 Å². The molecule has 3 rings (SSSR count). The van der Waals surface area contributed by atoms with Crippen LogP contribution in [0.5, 0.6) is 0 Å². The zero-order valence-corrected chi connectivity index (χ0v) is 13.1. The number of hydrogen-bond donors (Lipinski definition) is 3. The predicted molar refractivity (Wildman–Crippen MR) is 88.0 cm³/mol. The highest BCUT2D eigenvalue weighted by Gasteiger charge is 2.18. The molecule has 0 saturated heterocycles. The van der Waals surface area contributed by atoms with Crippen molar-refractivity contribution in [3.8, 4) is 0 Å². The summed E-state index contributed by atoms with van der Waals surface area (Å²) in [5.41, 5.74) is 1.23. The molecule has 0 aliphatic rings. The summed E-state index contributed by atoms with van der Waals surface area (Å²) in [6.07, 6.45) is 0. The highest BCUT2D eigenvalue weighted by molar-refractivity contribution is 6.00. The maximum absolute atomic E-state index is 13.2. The molecule has 0 saturated carbocycles. The molecule has 8 heteroatoms. The van der Waals surface area contributed by atoms with Crippen molar-refractivity contribution in [2.45, 2.75) is 13.0 Å². The molecule has 2 amide bonds. The van der Waals surface area contributed by atoms with Crippen LogP contribution in [0.2, 0.25) is 0 Å². The normalized spacial score (nSPS) is 12.0. The van der Waals surface area contributed by atoms with Crippen molar-refractivity contribution in [3.63, 3.8) is 0 Å². The van der Waals surface area contributed by atoms with Gasteiger partial charge in [0.15, 0.2) is 0 Å². The van der Waals surface area contributed by atoms with E-state index in [2.05, 4.69) is 20.6 Å². The Morgan fingerprint density at radius 1 is 1.12 bits per heavy atom. The van der Waals surface area contributed by atoms with E-state index in [1.165, 1.54) is 6.92 Å². The quantitative estimate of drug-likeness (QED) is 0.680. The summed E-state index contributed by atoms with van der Waals surface area (Å²) >= 11 is 0. The second-order valence-corrected chi connectivity index (χ2v) is 5.45. The molecular formula is C17H14F2N4O2. The number of fused-ring (bicyclic) bond motifs is 1. The number of halogens is 2. The number of carbonyl (C=O) groups excluding carboxylic acids is 2. The number of para-hydroxylation sites is 2. The van der Waals surface area contributed by atoms with Crippen molar-refractivity contribution in [1.29, 1.82) is 0 Å². The number of H-pyrrole nitrogens is 1. The molecule has 2 aromatic carbocycles. The fraction of sp³-hybridized carbons (Fsp3) is 0.118. The van der Waals surface area contributed by atoms with Crippen molar-refractivity contribution in [1.82, 2.24) is 15.3 Å². The molecule has 1 heterocycles. The summed E-state index contributed by atoms with van der Waals surface area (Å²) in [6, 6.07) is 8.74. The van der Waals surface area contributed by atoms with E-state index >= 15 is 0 Å². The van der Waals surface area contributed by atoms with Crippen molar-refractivity contribution >= 4 is 28.8 Å². The number of nitrogens with one attached hydrogen (secondary N) is 3. The minimum absolute atomic E-state index is 0.208. The minimum atomic E-state index is -0.938. The van der Waals surface area contributed by atoms with Gasteiger partial charge in [-0.25, -0.2) is 13.8 Å². The molecule has 0 spiro atoms. The Hall–Kier alpha value is -3.29. The number of carbonyl (C=O) groups is 2. The molecule has 128 valence electrons. The van der Waals surface area contributed by atoms with E-state index in [-0.39, 0.29) is 11.5 Å². The number of aromatic nitrogens is 2. The summed E-state index contributed by atoms with van der Waals surface area (Å²) in [7, 11) is 0. The van der Waals surface area contributed by atoms with Crippen LogP contribution in [-0.2, 0) is 4.79 Å². The number of anilines is 1. The average molecular weight is 344 g/mol. The van der Waals surface area contributed by atoms with Crippen LogP contribution in [-0.4, -0.2) is 27.8 Å². The van der Waals surface area contributed by atoms with Gasteiger partial charge in [-0.2, -0.15) is 0 Å². The molecule has 0 bridgehead atoms. The fourth-order valence-corrected chi connectivity index (χ4v) is 2.27. The lowest BCUT2D eigenvalue weighted by molar-refractivity contribution is -0.117. The summed E-state index contributed by atoms with van der Waals surface area (Å²) in [5.74, 6) is -2.78. The standard InChI is InChI=1S/C17H14F2N4O2/c1-9(20-16(25)10-6-11(18)8-12(19)7-10)15(24)23-17-21-13-4-2-3-5-14(13)22-17/h2-9H,1H3,(H,20,25)(H2,21,22,23,24)/t9-/m0/s1. The van der Waals surface area contributed by atoms with E-state index in [9.17, 15) is 18.4 Å². The van der Waals surface area contributed by atoms with Gasteiger partial charge in [0.25, 0.3) is 5.91 Å². The lowest BCUT2D eigenvalue weighted by Crippen LogP contribution is -2.41. The average Bonchev–Trinajstić information content (AvgIpc) is 2.95. The van der Waals surface area contributed by atoms with Gasteiger partial charge >= 0.3 is 0 Å². The third-order valence-electron chi connectivity index (χ3n) is 3.50. The first-order valence-corrected chi connectivity index (χ1v) is 7.45. The number of nitrogens with zero attached hydrogens (tertiary/aromatic N) is 1. The molecule has 0 radical (unpaired) electrons. The van der Waals surface area contributed by atoms with Crippen molar-refractivity contribution in [2.24, 2.45) is 0 Å². The Labute approximate surface area is 141 Å². The number of aromatic amines is 1. The van der Waals surface area contributed by atoms with Crippen molar-refractivity contribution < 1.29 is 18.4 Å². The molecule has 6 nitrogen and oxygen atoms in total. The smallest absolute Gasteiger partial charge is 0.252 e. The Morgan fingerprint density at radius 3 is 2.48 bits per heavy atom. The zero-order valence-electron chi connectivity index (χ0n) is 13.1. The zero-order chi connectivity index (χ0) is 18.0. The molecule has 3 aromatic rings. The fourth-order valence-electron chi connectivity index (χ4n) is 2.27. The second-order valence-electron chi connectivity index (χ2n) is 5.45. The van der Waals surface area contributed by atoms with E-state index < -0.39 is 29.5 Å². The predicted octanol–water partition coefficient (Wildman–Crippen LogP) is 2.60. The monoisotopic (exact) mass is 344 g/mol. The van der Waals surface area contributed by atoms with Crippen molar-refractivity contribution in [2.75, 3.05) is 5.32 Å². The van der Waals surface area contributed by atoms with E-state index in [1.54, 1.807) is 6.07 Å². The summed E-state index contributed by atoms with van der Waals surface area (Å²) in [4.78, 5) is 31.3. The van der Waals surface area contributed by atoms with E-state index in [4.69, 9.17) is 0 Å². The Kier molecular flexibility index (Phi) is 4.42. The maximum Gasteiger partial charge on any atom is 0.252 e. The summed E-state index contributed by atoms with van der Waals surface area (Å²) in [6.45, 7) is 1.45. The van der Waals surface area contributed by atoms with Crippen LogP contribution < -0.4 is 10.6 Å². The SMILES string of the molecule is C[C@H](NC(=O)c1cc(F)cc(F)c1)C(=O)Nc1nc2ccccc2[nH]1. The van der Waals surface area contributed by atoms with Crippen LogP contribution >= 0.6 is 0 Å². The van der Waals surface area contributed by atoms with Gasteiger partial charge in [-0.3, -0.25) is 14.9 Å². The number of imidazole rings is 1. The number of amides is 2. The molecular weight excluding hydrogens is 330 g/mol. The van der Waals surface area contributed by atoms with Crippen LogP contribution in [0, 0.1) is 11.6 Å². The third kappa shape index (κ3) is 3.79. The van der Waals surface area contributed by atoms with Gasteiger partial charge in [0.2, 0.25) is 11.9 Å². The number of benzene rings is 2. The Bertz CT molecular complexity index is 901. The van der Waals surface area contributed by atoms with Gasteiger partial charge in [-0.05, 0) is 31.2 Å². The first-order chi connectivity index (χ1) is 11.9. The van der Waals surface area contributed by atoms with Crippen LogP contribution in [0.4, 0.5) is 14.7 Å². The van der Waals surface area contributed by atoms with Gasteiger partial charge < -0.3 is 10.3 Å². The first-order valence-electron chi connectivity index (χ1n) is 7.45. The Balaban J connectivity index is 1.66. The van der Waals surface area contributed by atoms with Crippen LogP contribution in [0.1, 0.15) is 17.3 Å². The molecule has 0 fully saturated rings. The summed E-state index contributed by atoms with van der Waals surface area (Å²) in [5, 5.41) is 4.92. The Morgan fingerprint density at radius 2 is 1.80 bits per heavy atom. The van der Waals surface area contributed by atoms with E-state index in [0.717, 1.165) is 17.6 Å². The van der Waals surface area contributed by atoms with E-state index in [0.29, 0.717) is 11.6 Å². The van der Waals surface area contributed by atoms with Crippen molar-refractivity contribution in [3.05, 3.63) is 59.7 Å². The molecule has 1 aromatic heterocycles. The molecule has 0 unspecified atom stereocenters. The largest absolute Gasteiger partial charge is 0.341 e.